The Balaban J connectivity index is 3.74. The fraction of sp³-hybridized carbons (Fsp3) is 1.00. The summed E-state index contributed by atoms with van der Waals surface area (Å²) in [6.45, 7) is 6.04. The predicted octanol–water partition coefficient (Wildman–Crippen LogP) is 1.52. The quantitative estimate of drug-likeness (QED) is 0.639. The van der Waals surface area contributed by atoms with Crippen LogP contribution in [0.1, 0.15) is 40.0 Å². The van der Waals surface area contributed by atoms with Gasteiger partial charge in [-0.3, -0.25) is 0 Å². The molecule has 0 saturated carbocycles. The standard InChI is InChI=1S/C9H21NO/c1-4-8(6-7(3)11)9(10)5-2/h7-9,11H,4-6,10H2,1-3H3. The van der Waals surface area contributed by atoms with Crippen molar-refractivity contribution in [3.63, 3.8) is 0 Å². The highest BCUT2D eigenvalue weighted by Gasteiger charge is 2.15. The second-order valence-corrected chi connectivity index (χ2v) is 3.33. The molecular weight excluding hydrogens is 138 g/mol. The second-order valence-electron chi connectivity index (χ2n) is 3.33. The molecule has 0 heterocycles. The van der Waals surface area contributed by atoms with E-state index in [1.54, 1.807) is 0 Å². The first-order valence-corrected chi connectivity index (χ1v) is 4.55. The lowest BCUT2D eigenvalue weighted by molar-refractivity contribution is 0.149. The van der Waals surface area contributed by atoms with Gasteiger partial charge in [0.25, 0.3) is 0 Å². The summed E-state index contributed by atoms with van der Waals surface area (Å²) in [5, 5.41) is 9.14. The average molecular weight is 159 g/mol. The first-order valence-electron chi connectivity index (χ1n) is 4.55. The Kier molecular flexibility index (Phi) is 5.51. The van der Waals surface area contributed by atoms with Crippen molar-refractivity contribution in [3.05, 3.63) is 0 Å². The molecular formula is C9H21NO. The van der Waals surface area contributed by atoms with Crippen LogP contribution in [0, 0.1) is 5.92 Å². The maximum atomic E-state index is 9.14. The van der Waals surface area contributed by atoms with E-state index < -0.39 is 0 Å². The van der Waals surface area contributed by atoms with Crippen molar-refractivity contribution in [2.24, 2.45) is 11.7 Å². The number of hydrogen-bond donors (Lipinski definition) is 2. The number of aliphatic hydroxyl groups is 1. The molecule has 0 rings (SSSR count). The van der Waals surface area contributed by atoms with Crippen molar-refractivity contribution in [3.8, 4) is 0 Å². The van der Waals surface area contributed by atoms with Crippen molar-refractivity contribution in [1.82, 2.24) is 0 Å². The zero-order valence-corrected chi connectivity index (χ0v) is 7.88. The molecule has 3 atom stereocenters. The zero-order chi connectivity index (χ0) is 8.85. The molecule has 3 N–H and O–H groups in total. The summed E-state index contributed by atoms with van der Waals surface area (Å²) >= 11 is 0. The molecule has 3 unspecified atom stereocenters. The van der Waals surface area contributed by atoms with Crippen molar-refractivity contribution in [2.75, 3.05) is 0 Å². The van der Waals surface area contributed by atoms with Crippen LogP contribution in [0.5, 0.6) is 0 Å². The third-order valence-electron chi connectivity index (χ3n) is 2.25. The van der Waals surface area contributed by atoms with Crippen molar-refractivity contribution < 1.29 is 5.11 Å². The van der Waals surface area contributed by atoms with Crippen molar-refractivity contribution >= 4 is 0 Å². The largest absolute Gasteiger partial charge is 0.393 e. The number of aliphatic hydroxyl groups excluding tert-OH is 1. The Hall–Kier alpha value is -0.0800. The smallest absolute Gasteiger partial charge is 0.0515 e. The summed E-state index contributed by atoms with van der Waals surface area (Å²) < 4.78 is 0. The Morgan fingerprint density at radius 1 is 1.27 bits per heavy atom. The summed E-state index contributed by atoms with van der Waals surface area (Å²) in [6.07, 6.45) is 2.70. The average Bonchev–Trinajstić information content (AvgIpc) is 1.98. The Morgan fingerprint density at radius 2 is 1.82 bits per heavy atom. The summed E-state index contributed by atoms with van der Waals surface area (Å²) in [6, 6.07) is 0.259. The summed E-state index contributed by atoms with van der Waals surface area (Å²) in [5.74, 6) is 0.486. The van der Waals surface area contributed by atoms with E-state index in [4.69, 9.17) is 10.8 Å². The third kappa shape index (κ3) is 4.38. The summed E-state index contributed by atoms with van der Waals surface area (Å²) in [7, 11) is 0. The number of rotatable bonds is 5. The van der Waals surface area contributed by atoms with Gasteiger partial charge in [0.15, 0.2) is 0 Å². The highest BCUT2D eigenvalue weighted by Crippen LogP contribution is 2.16. The molecule has 68 valence electrons. The van der Waals surface area contributed by atoms with Crippen LogP contribution in [-0.2, 0) is 0 Å². The fourth-order valence-electron chi connectivity index (χ4n) is 1.42. The molecule has 0 spiro atoms. The van der Waals surface area contributed by atoms with Crippen LogP contribution in [0.4, 0.5) is 0 Å². The lowest BCUT2D eigenvalue weighted by atomic mass is 9.90. The van der Waals surface area contributed by atoms with E-state index >= 15 is 0 Å². The first-order chi connectivity index (χ1) is 5.11. The molecule has 0 aromatic heterocycles. The lowest BCUT2D eigenvalue weighted by Crippen LogP contribution is -2.31. The van der Waals surface area contributed by atoms with E-state index in [1.807, 2.05) is 6.92 Å². The Labute approximate surface area is 69.8 Å². The van der Waals surface area contributed by atoms with Crippen LogP contribution in [0.2, 0.25) is 0 Å². The van der Waals surface area contributed by atoms with Gasteiger partial charge in [0.1, 0.15) is 0 Å². The van der Waals surface area contributed by atoms with Gasteiger partial charge in [-0.2, -0.15) is 0 Å². The minimum atomic E-state index is -0.211. The van der Waals surface area contributed by atoms with Gasteiger partial charge in [-0.15, -0.1) is 0 Å². The Morgan fingerprint density at radius 3 is 2.09 bits per heavy atom. The minimum Gasteiger partial charge on any atom is -0.393 e. The lowest BCUT2D eigenvalue weighted by Gasteiger charge is -2.22. The van der Waals surface area contributed by atoms with Crippen LogP contribution in [0.25, 0.3) is 0 Å². The van der Waals surface area contributed by atoms with Crippen LogP contribution in [0.3, 0.4) is 0 Å². The van der Waals surface area contributed by atoms with Gasteiger partial charge in [0.2, 0.25) is 0 Å². The maximum Gasteiger partial charge on any atom is 0.0515 e. The molecule has 0 aliphatic heterocycles. The summed E-state index contributed by atoms with van der Waals surface area (Å²) in [5.41, 5.74) is 5.86. The monoisotopic (exact) mass is 159 g/mol. The molecule has 11 heavy (non-hydrogen) atoms. The molecule has 0 aromatic rings. The normalized spacial score (nSPS) is 19.4. The van der Waals surface area contributed by atoms with Gasteiger partial charge >= 0.3 is 0 Å². The van der Waals surface area contributed by atoms with Gasteiger partial charge in [0.05, 0.1) is 6.10 Å². The highest BCUT2D eigenvalue weighted by atomic mass is 16.3. The van der Waals surface area contributed by atoms with Crippen LogP contribution >= 0.6 is 0 Å². The minimum absolute atomic E-state index is 0.211. The molecule has 2 nitrogen and oxygen atoms in total. The van der Waals surface area contributed by atoms with E-state index in [1.165, 1.54) is 0 Å². The van der Waals surface area contributed by atoms with E-state index in [-0.39, 0.29) is 12.1 Å². The molecule has 0 bridgehead atoms. The predicted molar refractivity (Wildman–Crippen MR) is 48.3 cm³/mol. The molecule has 0 amide bonds. The van der Waals surface area contributed by atoms with E-state index in [9.17, 15) is 0 Å². The number of nitrogens with two attached hydrogens (primary N) is 1. The molecule has 0 aromatic carbocycles. The zero-order valence-electron chi connectivity index (χ0n) is 7.88. The molecule has 0 fully saturated rings. The van der Waals surface area contributed by atoms with Gasteiger partial charge in [-0.1, -0.05) is 20.3 Å². The van der Waals surface area contributed by atoms with E-state index in [2.05, 4.69) is 13.8 Å². The number of hydrogen-bond acceptors (Lipinski definition) is 2. The summed E-state index contributed by atoms with van der Waals surface area (Å²) in [4.78, 5) is 0. The first kappa shape index (κ1) is 10.9. The second kappa shape index (κ2) is 5.56. The van der Waals surface area contributed by atoms with Crippen molar-refractivity contribution in [1.29, 1.82) is 0 Å². The third-order valence-corrected chi connectivity index (χ3v) is 2.25. The molecule has 2 heteroatoms. The van der Waals surface area contributed by atoms with Gasteiger partial charge < -0.3 is 10.8 Å². The van der Waals surface area contributed by atoms with Gasteiger partial charge in [0, 0.05) is 6.04 Å². The molecule has 0 aliphatic carbocycles. The van der Waals surface area contributed by atoms with Crippen LogP contribution in [-0.4, -0.2) is 17.3 Å². The van der Waals surface area contributed by atoms with Crippen molar-refractivity contribution in [2.45, 2.75) is 52.2 Å². The van der Waals surface area contributed by atoms with Crippen LogP contribution in [0.15, 0.2) is 0 Å². The molecule has 0 aliphatic rings. The molecule has 0 saturated heterocycles. The topological polar surface area (TPSA) is 46.2 Å². The SMILES string of the molecule is CCC(N)C(CC)CC(C)O. The van der Waals surface area contributed by atoms with Crippen LogP contribution < -0.4 is 5.73 Å². The maximum absolute atomic E-state index is 9.14. The van der Waals surface area contributed by atoms with Gasteiger partial charge in [-0.05, 0) is 25.7 Å². The molecule has 0 radical (unpaired) electrons. The van der Waals surface area contributed by atoms with E-state index in [0.29, 0.717) is 5.92 Å². The Bertz CT molecular complexity index is 93.6. The van der Waals surface area contributed by atoms with Gasteiger partial charge in [-0.25, -0.2) is 0 Å². The fourth-order valence-corrected chi connectivity index (χ4v) is 1.42. The van der Waals surface area contributed by atoms with E-state index in [0.717, 1.165) is 19.3 Å². The highest BCUT2D eigenvalue weighted by molar-refractivity contribution is 4.71.